The third kappa shape index (κ3) is 3.45. The van der Waals surface area contributed by atoms with Crippen LogP contribution in [0.2, 0.25) is 0 Å². The number of hydrogen-bond acceptors (Lipinski definition) is 1. The van der Waals surface area contributed by atoms with Crippen molar-refractivity contribution in [3.8, 4) is 0 Å². The van der Waals surface area contributed by atoms with Crippen molar-refractivity contribution in [3.63, 3.8) is 0 Å². The number of nitrogens with zero attached hydrogens (tertiary/aromatic N) is 1. The number of alkyl halides is 4. The largest absolute Gasteiger partial charge is 0.416 e. The summed E-state index contributed by atoms with van der Waals surface area (Å²) in [5.41, 5.74) is -0.745. The van der Waals surface area contributed by atoms with Crippen LogP contribution in [-0.2, 0) is 6.18 Å². The van der Waals surface area contributed by atoms with Gasteiger partial charge in [0, 0.05) is 24.5 Å². The highest BCUT2D eigenvalue weighted by Gasteiger charge is 2.32. The molecule has 0 heterocycles. The van der Waals surface area contributed by atoms with E-state index in [9.17, 15) is 18.0 Å². The average Bonchev–Trinajstić information content (AvgIpc) is 2.35. The van der Waals surface area contributed by atoms with Crippen LogP contribution >= 0.6 is 11.6 Å². The van der Waals surface area contributed by atoms with Crippen LogP contribution in [0.15, 0.2) is 24.3 Å². The van der Waals surface area contributed by atoms with Gasteiger partial charge in [-0.05, 0) is 37.0 Å². The molecule has 1 aromatic rings. The molecule has 1 fully saturated rings. The Kier molecular flexibility index (Phi) is 4.28. The molecule has 2 rings (SSSR count). The second-order valence-electron chi connectivity index (χ2n) is 5.20. The summed E-state index contributed by atoms with van der Waals surface area (Å²) < 4.78 is 37.8. The Labute approximate surface area is 120 Å². The molecular weight excluding hydrogens is 291 g/mol. The minimum absolute atomic E-state index is 0.0593. The highest BCUT2D eigenvalue weighted by molar-refractivity contribution is 6.21. The quantitative estimate of drug-likeness (QED) is 0.778. The monoisotopic (exact) mass is 305 g/mol. The van der Waals surface area contributed by atoms with E-state index in [0.29, 0.717) is 12.5 Å². The standard InChI is InChI=1S/C14H15ClF3NO/c1-19(8-9-5-12(15)6-9)13(20)10-3-2-4-11(7-10)14(16,17)18/h2-4,7,9,12H,5-6,8H2,1H3. The maximum atomic E-state index is 12.6. The van der Waals surface area contributed by atoms with Gasteiger partial charge in [-0.25, -0.2) is 0 Å². The average molecular weight is 306 g/mol. The van der Waals surface area contributed by atoms with Crippen molar-refractivity contribution in [1.82, 2.24) is 4.90 Å². The number of hydrogen-bond donors (Lipinski definition) is 0. The van der Waals surface area contributed by atoms with E-state index in [-0.39, 0.29) is 10.9 Å². The van der Waals surface area contributed by atoms with Gasteiger partial charge in [0.15, 0.2) is 0 Å². The molecule has 0 unspecified atom stereocenters. The predicted molar refractivity (Wildman–Crippen MR) is 70.8 cm³/mol. The van der Waals surface area contributed by atoms with Crippen LogP contribution in [0.3, 0.4) is 0 Å². The summed E-state index contributed by atoms with van der Waals surface area (Å²) in [7, 11) is 1.60. The zero-order valence-corrected chi connectivity index (χ0v) is 11.7. The molecule has 1 aromatic carbocycles. The third-order valence-electron chi connectivity index (χ3n) is 3.49. The minimum atomic E-state index is -4.44. The summed E-state index contributed by atoms with van der Waals surface area (Å²) in [6, 6.07) is 4.51. The van der Waals surface area contributed by atoms with Crippen LogP contribution in [0.4, 0.5) is 13.2 Å². The maximum Gasteiger partial charge on any atom is 0.416 e. The summed E-state index contributed by atoms with van der Waals surface area (Å²) in [4.78, 5) is 13.6. The summed E-state index contributed by atoms with van der Waals surface area (Å²) in [5, 5.41) is 0.164. The number of halogens is 4. The Balaban J connectivity index is 2.05. The van der Waals surface area contributed by atoms with Crippen molar-refractivity contribution >= 4 is 17.5 Å². The first kappa shape index (κ1) is 15.2. The summed E-state index contributed by atoms with van der Waals surface area (Å²) in [6.07, 6.45) is -2.74. The molecule has 20 heavy (non-hydrogen) atoms. The lowest BCUT2D eigenvalue weighted by Crippen LogP contribution is -2.38. The van der Waals surface area contributed by atoms with E-state index in [2.05, 4.69) is 0 Å². The zero-order chi connectivity index (χ0) is 14.9. The fourth-order valence-corrected chi connectivity index (χ4v) is 2.83. The van der Waals surface area contributed by atoms with Crippen LogP contribution in [0, 0.1) is 5.92 Å². The van der Waals surface area contributed by atoms with Crippen LogP contribution in [-0.4, -0.2) is 29.8 Å². The van der Waals surface area contributed by atoms with E-state index < -0.39 is 17.6 Å². The topological polar surface area (TPSA) is 20.3 Å². The lowest BCUT2D eigenvalue weighted by molar-refractivity contribution is -0.137. The van der Waals surface area contributed by atoms with Crippen molar-refractivity contribution in [2.45, 2.75) is 24.4 Å². The second kappa shape index (κ2) is 5.64. The maximum absolute atomic E-state index is 12.6. The van der Waals surface area contributed by atoms with Gasteiger partial charge in [-0.15, -0.1) is 11.6 Å². The van der Waals surface area contributed by atoms with Crippen LogP contribution in [0.25, 0.3) is 0 Å². The molecular formula is C14H15ClF3NO. The first-order valence-corrected chi connectivity index (χ1v) is 6.78. The molecule has 0 radical (unpaired) electrons. The van der Waals surface area contributed by atoms with Gasteiger partial charge in [-0.2, -0.15) is 13.2 Å². The Morgan fingerprint density at radius 1 is 1.40 bits per heavy atom. The first-order valence-electron chi connectivity index (χ1n) is 6.34. The van der Waals surface area contributed by atoms with Gasteiger partial charge in [0.25, 0.3) is 5.91 Å². The Morgan fingerprint density at radius 2 is 2.05 bits per heavy atom. The van der Waals surface area contributed by atoms with Crippen LogP contribution in [0.5, 0.6) is 0 Å². The smallest absolute Gasteiger partial charge is 0.341 e. The molecule has 0 aliphatic heterocycles. The Bertz CT molecular complexity index is 497. The fourth-order valence-electron chi connectivity index (χ4n) is 2.32. The molecule has 110 valence electrons. The van der Waals surface area contributed by atoms with Crippen molar-refractivity contribution in [2.24, 2.45) is 5.92 Å². The van der Waals surface area contributed by atoms with Gasteiger partial charge < -0.3 is 4.90 Å². The van der Waals surface area contributed by atoms with Gasteiger partial charge in [0.05, 0.1) is 5.56 Å². The Hall–Kier alpha value is -1.23. The summed E-state index contributed by atoms with van der Waals surface area (Å²) in [6.45, 7) is 0.526. The Morgan fingerprint density at radius 3 is 2.60 bits per heavy atom. The summed E-state index contributed by atoms with van der Waals surface area (Å²) in [5.74, 6) is -0.0497. The van der Waals surface area contributed by atoms with Gasteiger partial charge in [0.2, 0.25) is 0 Å². The zero-order valence-electron chi connectivity index (χ0n) is 11.0. The number of amides is 1. The molecule has 0 atom stereocenters. The molecule has 2 nitrogen and oxygen atoms in total. The van der Waals surface area contributed by atoms with E-state index in [4.69, 9.17) is 11.6 Å². The highest BCUT2D eigenvalue weighted by Crippen LogP contribution is 2.33. The first-order chi connectivity index (χ1) is 9.27. The molecule has 1 aliphatic carbocycles. The minimum Gasteiger partial charge on any atom is -0.341 e. The number of rotatable bonds is 3. The lowest BCUT2D eigenvalue weighted by Gasteiger charge is -2.34. The van der Waals surface area contributed by atoms with Gasteiger partial charge in [0.1, 0.15) is 0 Å². The van der Waals surface area contributed by atoms with Crippen molar-refractivity contribution in [3.05, 3.63) is 35.4 Å². The molecule has 6 heteroatoms. The predicted octanol–water partition coefficient (Wildman–Crippen LogP) is 3.79. The molecule has 1 amide bonds. The van der Waals surface area contributed by atoms with Crippen LogP contribution < -0.4 is 0 Å². The van der Waals surface area contributed by atoms with Crippen molar-refractivity contribution in [1.29, 1.82) is 0 Å². The van der Waals surface area contributed by atoms with Gasteiger partial charge in [-0.3, -0.25) is 4.79 Å². The van der Waals surface area contributed by atoms with E-state index in [0.717, 1.165) is 25.0 Å². The van der Waals surface area contributed by atoms with Crippen LogP contribution in [0.1, 0.15) is 28.8 Å². The van der Waals surface area contributed by atoms with Gasteiger partial charge in [-0.1, -0.05) is 6.07 Å². The molecule has 1 saturated carbocycles. The fraction of sp³-hybridized carbons (Fsp3) is 0.500. The van der Waals surface area contributed by atoms with Gasteiger partial charge >= 0.3 is 6.18 Å². The SMILES string of the molecule is CN(CC1CC(Cl)C1)C(=O)c1cccc(C(F)(F)F)c1. The van der Waals surface area contributed by atoms with E-state index >= 15 is 0 Å². The van der Waals surface area contributed by atoms with Crippen molar-refractivity contribution < 1.29 is 18.0 Å². The highest BCUT2D eigenvalue weighted by atomic mass is 35.5. The normalized spacial score (nSPS) is 22.2. The lowest BCUT2D eigenvalue weighted by atomic mass is 9.84. The molecule has 0 N–H and O–H groups in total. The van der Waals surface area contributed by atoms with Crippen molar-refractivity contribution in [2.75, 3.05) is 13.6 Å². The second-order valence-corrected chi connectivity index (χ2v) is 5.82. The molecule has 1 aliphatic rings. The third-order valence-corrected chi connectivity index (χ3v) is 3.85. The number of carbonyl (C=O) groups is 1. The summed E-state index contributed by atoms with van der Waals surface area (Å²) >= 11 is 5.87. The molecule has 0 bridgehead atoms. The molecule has 0 saturated heterocycles. The van der Waals surface area contributed by atoms with E-state index in [1.807, 2.05) is 0 Å². The molecule has 0 aromatic heterocycles. The van der Waals surface area contributed by atoms with E-state index in [1.165, 1.54) is 17.0 Å². The molecule has 0 spiro atoms. The number of carbonyl (C=O) groups excluding carboxylic acids is 1. The number of benzene rings is 1. The van der Waals surface area contributed by atoms with E-state index in [1.54, 1.807) is 7.05 Å².